The van der Waals surface area contributed by atoms with Crippen molar-refractivity contribution in [3.63, 3.8) is 0 Å². The number of methoxy groups -OCH3 is 1. The Hall–Kier alpha value is -2.02. The third kappa shape index (κ3) is 2.62. The summed E-state index contributed by atoms with van der Waals surface area (Å²) in [7, 11) is 1.21. The number of furan rings is 1. The first-order chi connectivity index (χ1) is 9.43. The van der Waals surface area contributed by atoms with E-state index >= 15 is 0 Å². The lowest BCUT2D eigenvalue weighted by Crippen LogP contribution is -2.42. The van der Waals surface area contributed by atoms with Gasteiger partial charge in [0.05, 0.1) is 12.0 Å². The molecule has 0 aromatic carbocycles. The standard InChI is InChI=1S/C13H13NO5S/c1-7-4-5-9(19-7)6-10-11(15)14(13(17)20-10)8(2)12(16)18-3/h4-6,8H,1-3H3/b10-6+/t8-/m1/s1. The van der Waals surface area contributed by atoms with Crippen LogP contribution in [0.4, 0.5) is 4.79 Å². The molecule has 0 bridgehead atoms. The Bertz CT molecular complexity index is 604. The van der Waals surface area contributed by atoms with Crippen molar-refractivity contribution in [2.75, 3.05) is 7.11 Å². The van der Waals surface area contributed by atoms with E-state index < -0.39 is 23.2 Å². The van der Waals surface area contributed by atoms with Crippen molar-refractivity contribution >= 4 is 35.0 Å². The van der Waals surface area contributed by atoms with Crippen LogP contribution in [0.25, 0.3) is 6.08 Å². The first-order valence-electron chi connectivity index (χ1n) is 5.85. The number of amides is 2. The van der Waals surface area contributed by atoms with E-state index in [2.05, 4.69) is 4.74 Å². The zero-order valence-electron chi connectivity index (χ0n) is 11.2. The van der Waals surface area contributed by atoms with Crippen molar-refractivity contribution in [2.45, 2.75) is 19.9 Å². The van der Waals surface area contributed by atoms with Crippen LogP contribution in [-0.2, 0) is 14.3 Å². The van der Waals surface area contributed by atoms with Gasteiger partial charge in [-0.1, -0.05) is 0 Å². The molecule has 6 nitrogen and oxygen atoms in total. The number of esters is 1. The second-order valence-electron chi connectivity index (χ2n) is 4.20. The van der Waals surface area contributed by atoms with E-state index in [1.54, 1.807) is 19.1 Å². The quantitative estimate of drug-likeness (QED) is 0.628. The van der Waals surface area contributed by atoms with Crippen LogP contribution in [0.15, 0.2) is 21.5 Å². The zero-order chi connectivity index (χ0) is 14.9. The molecule has 1 atom stereocenters. The molecule has 0 unspecified atom stereocenters. The van der Waals surface area contributed by atoms with Crippen molar-refractivity contribution < 1.29 is 23.5 Å². The minimum absolute atomic E-state index is 0.222. The highest BCUT2D eigenvalue weighted by Gasteiger charge is 2.41. The lowest BCUT2D eigenvalue weighted by Gasteiger charge is -2.18. The molecular formula is C13H13NO5S. The van der Waals surface area contributed by atoms with Crippen LogP contribution in [-0.4, -0.2) is 35.2 Å². The Labute approximate surface area is 119 Å². The Morgan fingerprint density at radius 2 is 2.15 bits per heavy atom. The summed E-state index contributed by atoms with van der Waals surface area (Å²) in [4.78, 5) is 36.5. The fourth-order valence-electron chi connectivity index (χ4n) is 1.75. The van der Waals surface area contributed by atoms with Crippen LogP contribution in [0.2, 0.25) is 0 Å². The Kier molecular flexibility index (Phi) is 3.99. The number of carbonyl (C=O) groups excluding carboxylic acids is 3. The monoisotopic (exact) mass is 295 g/mol. The van der Waals surface area contributed by atoms with E-state index in [1.807, 2.05) is 0 Å². The molecule has 2 amide bonds. The number of hydrogen-bond acceptors (Lipinski definition) is 6. The predicted octanol–water partition coefficient (Wildman–Crippen LogP) is 2.19. The summed E-state index contributed by atoms with van der Waals surface area (Å²) in [5.41, 5.74) is 0. The summed E-state index contributed by atoms with van der Waals surface area (Å²) < 4.78 is 9.88. The molecule has 1 aromatic rings. The molecule has 2 rings (SSSR count). The average molecular weight is 295 g/mol. The van der Waals surface area contributed by atoms with Crippen molar-refractivity contribution in [2.24, 2.45) is 0 Å². The molecule has 1 saturated heterocycles. The maximum Gasteiger partial charge on any atom is 0.328 e. The van der Waals surface area contributed by atoms with Crippen molar-refractivity contribution in [3.05, 3.63) is 28.6 Å². The average Bonchev–Trinajstić information content (AvgIpc) is 2.93. The summed E-state index contributed by atoms with van der Waals surface area (Å²) in [6.45, 7) is 3.23. The van der Waals surface area contributed by atoms with Gasteiger partial charge < -0.3 is 9.15 Å². The first kappa shape index (κ1) is 14.4. The van der Waals surface area contributed by atoms with Gasteiger partial charge >= 0.3 is 5.97 Å². The molecule has 1 aromatic heterocycles. The number of ether oxygens (including phenoxy) is 1. The summed E-state index contributed by atoms with van der Waals surface area (Å²) in [5.74, 6) is 0.0338. The molecule has 7 heteroatoms. The van der Waals surface area contributed by atoms with Crippen LogP contribution in [0.3, 0.4) is 0 Å². The lowest BCUT2D eigenvalue weighted by atomic mass is 10.3. The lowest BCUT2D eigenvalue weighted by molar-refractivity contribution is -0.148. The molecule has 2 heterocycles. The van der Waals surface area contributed by atoms with Gasteiger partial charge in [-0.2, -0.15) is 0 Å². The molecule has 1 aliphatic rings. The predicted molar refractivity (Wildman–Crippen MR) is 72.7 cm³/mol. The fraction of sp³-hybridized carbons (Fsp3) is 0.308. The first-order valence-corrected chi connectivity index (χ1v) is 6.67. The molecule has 106 valence electrons. The van der Waals surface area contributed by atoms with Gasteiger partial charge in [0.1, 0.15) is 17.6 Å². The number of nitrogens with zero attached hydrogens (tertiary/aromatic N) is 1. The molecular weight excluding hydrogens is 282 g/mol. The molecule has 0 aliphatic carbocycles. The minimum atomic E-state index is -0.947. The smallest absolute Gasteiger partial charge is 0.328 e. The fourth-order valence-corrected chi connectivity index (χ4v) is 2.64. The molecule has 0 spiro atoms. The van der Waals surface area contributed by atoms with Crippen LogP contribution in [0.5, 0.6) is 0 Å². The highest BCUT2D eigenvalue weighted by molar-refractivity contribution is 8.18. The largest absolute Gasteiger partial charge is 0.467 e. The molecule has 0 radical (unpaired) electrons. The van der Waals surface area contributed by atoms with E-state index in [0.717, 1.165) is 16.7 Å². The summed E-state index contributed by atoms with van der Waals surface area (Å²) >= 11 is 0.773. The molecule has 1 aliphatic heterocycles. The second kappa shape index (κ2) is 5.54. The van der Waals surface area contributed by atoms with Gasteiger partial charge in [0.15, 0.2) is 0 Å². The third-order valence-electron chi connectivity index (χ3n) is 2.79. The zero-order valence-corrected chi connectivity index (χ0v) is 12.0. The number of rotatable bonds is 3. The Balaban J connectivity index is 2.25. The van der Waals surface area contributed by atoms with Gasteiger partial charge in [-0.05, 0) is 37.7 Å². The minimum Gasteiger partial charge on any atom is -0.467 e. The topological polar surface area (TPSA) is 76.8 Å². The van der Waals surface area contributed by atoms with E-state index in [9.17, 15) is 14.4 Å². The van der Waals surface area contributed by atoms with E-state index in [1.165, 1.54) is 20.1 Å². The van der Waals surface area contributed by atoms with E-state index in [0.29, 0.717) is 11.5 Å². The van der Waals surface area contributed by atoms with Gasteiger partial charge in [0.25, 0.3) is 11.1 Å². The molecule has 1 fully saturated rings. The molecule has 0 N–H and O–H groups in total. The SMILES string of the molecule is COC(=O)[C@@H](C)N1C(=O)S/C(=C/c2ccc(C)o2)C1=O. The van der Waals surface area contributed by atoms with Crippen LogP contribution < -0.4 is 0 Å². The number of imide groups is 1. The summed E-state index contributed by atoms with van der Waals surface area (Å²) in [5, 5.41) is -0.498. The van der Waals surface area contributed by atoms with Gasteiger partial charge in [0, 0.05) is 6.08 Å². The second-order valence-corrected chi connectivity index (χ2v) is 5.19. The summed E-state index contributed by atoms with van der Waals surface area (Å²) in [6.07, 6.45) is 1.49. The number of thioether (sulfide) groups is 1. The van der Waals surface area contributed by atoms with E-state index in [-0.39, 0.29) is 4.91 Å². The number of carbonyl (C=O) groups is 3. The highest BCUT2D eigenvalue weighted by atomic mass is 32.2. The van der Waals surface area contributed by atoms with E-state index in [4.69, 9.17) is 4.42 Å². The van der Waals surface area contributed by atoms with Crippen LogP contribution in [0.1, 0.15) is 18.4 Å². The normalized spacial score (nSPS) is 18.8. The van der Waals surface area contributed by atoms with Gasteiger partial charge in [-0.25, -0.2) is 4.79 Å². The summed E-state index contributed by atoms with van der Waals surface area (Å²) in [6, 6.07) is 2.51. The van der Waals surface area contributed by atoms with Crippen molar-refractivity contribution in [1.29, 1.82) is 0 Å². The Morgan fingerprint density at radius 1 is 1.45 bits per heavy atom. The van der Waals surface area contributed by atoms with Crippen molar-refractivity contribution in [1.82, 2.24) is 4.90 Å². The van der Waals surface area contributed by atoms with Crippen LogP contribution >= 0.6 is 11.8 Å². The maximum absolute atomic E-state index is 12.2. The number of aryl methyl sites for hydroxylation is 1. The third-order valence-corrected chi connectivity index (χ3v) is 3.67. The van der Waals surface area contributed by atoms with Crippen LogP contribution in [0, 0.1) is 6.92 Å². The van der Waals surface area contributed by atoms with Gasteiger partial charge in [-0.3, -0.25) is 14.5 Å². The maximum atomic E-state index is 12.2. The van der Waals surface area contributed by atoms with Gasteiger partial charge in [0.2, 0.25) is 0 Å². The molecule has 0 saturated carbocycles. The Morgan fingerprint density at radius 3 is 2.70 bits per heavy atom. The van der Waals surface area contributed by atoms with Gasteiger partial charge in [-0.15, -0.1) is 0 Å². The molecule has 20 heavy (non-hydrogen) atoms. The number of hydrogen-bond donors (Lipinski definition) is 0. The van der Waals surface area contributed by atoms with Crippen molar-refractivity contribution in [3.8, 4) is 0 Å². The highest BCUT2D eigenvalue weighted by Crippen LogP contribution is 2.33.